The van der Waals surface area contributed by atoms with E-state index in [9.17, 15) is 9.90 Å². The van der Waals surface area contributed by atoms with Gasteiger partial charge in [0.2, 0.25) is 0 Å². The molecule has 0 unspecified atom stereocenters. The van der Waals surface area contributed by atoms with Gasteiger partial charge in [-0.3, -0.25) is 5.43 Å². The minimum absolute atomic E-state index is 0.0332. The molecule has 0 aliphatic heterocycles. The standard InChI is InChI=1S/C8H12N4O2/c1-5-2-3-6(13)4-7(5)12(10)8(14)11-9/h2-4,13H,9-10H2,1H3,(H,11,14). The van der Waals surface area contributed by atoms with E-state index in [0.717, 1.165) is 10.6 Å². The molecule has 0 aliphatic rings. The van der Waals surface area contributed by atoms with Crippen molar-refractivity contribution in [2.24, 2.45) is 11.7 Å². The monoisotopic (exact) mass is 196 g/mol. The molecule has 1 aromatic carbocycles. The number of carbonyl (C=O) groups excluding carboxylic acids is 1. The second kappa shape index (κ2) is 3.95. The highest BCUT2D eigenvalue weighted by Crippen LogP contribution is 2.22. The number of nitrogens with zero attached hydrogens (tertiary/aromatic N) is 1. The van der Waals surface area contributed by atoms with Crippen molar-refractivity contribution in [1.82, 2.24) is 5.43 Å². The highest BCUT2D eigenvalue weighted by molar-refractivity contribution is 5.91. The van der Waals surface area contributed by atoms with Crippen LogP contribution in [0.15, 0.2) is 18.2 Å². The molecule has 76 valence electrons. The van der Waals surface area contributed by atoms with Gasteiger partial charge in [0.1, 0.15) is 5.75 Å². The lowest BCUT2D eigenvalue weighted by Crippen LogP contribution is -2.47. The quantitative estimate of drug-likeness (QED) is 0.287. The average molecular weight is 196 g/mol. The molecule has 0 atom stereocenters. The van der Waals surface area contributed by atoms with E-state index >= 15 is 0 Å². The Bertz CT molecular complexity index is 353. The molecule has 0 heterocycles. The molecule has 6 N–H and O–H groups in total. The first-order chi connectivity index (χ1) is 6.56. The van der Waals surface area contributed by atoms with Crippen LogP contribution in [0.25, 0.3) is 0 Å². The van der Waals surface area contributed by atoms with Crippen LogP contribution in [0.4, 0.5) is 10.5 Å². The number of aromatic hydroxyl groups is 1. The summed E-state index contributed by atoms with van der Waals surface area (Å²) in [5.74, 6) is 10.4. The Morgan fingerprint density at radius 2 is 2.21 bits per heavy atom. The number of benzene rings is 1. The number of urea groups is 1. The minimum Gasteiger partial charge on any atom is -0.508 e. The van der Waals surface area contributed by atoms with Crippen LogP contribution in [-0.4, -0.2) is 11.1 Å². The smallest absolute Gasteiger partial charge is 0.350 e. The van der Waals surface area contributed by atoms with E-state index in [-0.39, 0.29) is 5.75 Å². The fourth-order valence-electron chi connectivity index (χ4n) is 1.04. The summed E-state index contributed by atoms with van der Waals surface area (Å²) in [6, 6.07) is 3.88. The molecular formula is C8H12N4O2. The summed E-state index contributed by atoms with van der Waals surface area (Å²) < 4.78 is 0. The van der Waals surface area contributed by atoms with Gasteiger partial charge in [-0.2, -0.15) is 0 Å². The lowest BCUT2D eigenvalue weighted by atomic mass is 10.2. The van der Waals surface area contributed by atoms with Crippen LogP contribution in [0, 0.1) is 6.92 Å². The lowest BCUT2D eigenvalue weighted by molar-refractivity contribution is 0.246. The molecule has 6 nitrogen and oxygen atoms in total. The van der Waals surface area contributed by atoms with Crippen molar-refractivity contribution in [2.45, 2.75) is 6.92 Å². The molecule has 1 aromatic rings. The maximum atomic E-state index is 11.1. The zero-order valence-electron chi connectivity index (χ0n) is 7.69. The number of anilines is 1. The number of aryl methyl sites for hydroxylation is 1. The maximum absolute atomic E-state index is 11.1. The van der Waals surface area contributed by atoms with Gasteiger partial charge in [0.25, 0.3) is 0 Å². The van der Waals surface area contributed by atoms with Gasteiger partial charge < -0.3 is 5.11 Å². The van der Waals surface area contributed by atoms with Crippen molar-refractivity contribution >= 4 is 11.7 Å². The van der Waals surface area contributed by atoms with Gasteiger partial charge in [0.15, 0.2) is 0 Å². The van der Waals surface area contributed by atoms with Crippen LogP contribution in [0.5, 0.6) is 5.75 Å². The van der Waals surface area contributed by atoms with E-state index in [1.165, 1.54) is 12.1 Å². The zero-order chi connectivity index (χ0) is 10.7. The number of phenols is 1. The van der Waals surface area contributed by atoms with Crippen molar-refractivity contribution in [1.29, 1.82) is 0 Å². The Morgan fingerprint density at radius 3 is 2.79 bits per heavy atom. The maximum Gasteiger partial charge on any atom is 0.350 e. The SMILES string of the molecule is Cc1ccc(O)cc1N(N)C(=O)NN. The Balaban J connectivity index is 3.05. The normalized spacial score (nSPS) is 9.64. The minimum atomic E-state index is -0.654. The van der Waals surface area contributed by atoms with Crippen molar-refractivity contribution in [2.75, 3.05) is 5.01 Å². The number of carbonyl (C=O) groups is 1. The van der Waals surface area contributed by atoms with Crippen molar-refractivity contribution in [3.63, 3.8) is 0 Å². The predicted molar refractivity (Wildman–Crippen MR) is 52.2 cm³/mol. The summed E-state index contributed by atoms with van der Waals surface area (Å²) in [7, 11) is 0. The van der Waals surface area contributed by atoms with Crippen molar-refractivity contribution < 1.29 is 9.90 Å². The van der Waals surface area contributed by atoms with E-state index < -0.39 is 6.03 Å². The van der Waals surface area contributed by atoms with Crippen LogP contribution >= 0.6 is 0 Å². The van der Waals surface area contributed by atoms with E-state index in [1.54, 1.807) is 13.0 Å². The third-order valence-corrected chi connectivity index (χ3v) is 1.79. The molecule has 0 saturated heterocycles. The van der Waals surface area contributed by atoms with Crippen LogP contribution in [0.3, 0.4) is 0 Å². The summed E-state index contributed by atoms with van der Waals surface area (Å²) in [6.45, 7) is 1.76. The highest BCUT2D eigenvalue weighted by Gasteiger charge is 2.12. The second-order valence-corrected chi connectivity index (χ2v) is 2.79. The zero-order valence-corrected chi connectivity index (χ0v) is 7.69. The van der Waals surface area contributed by atoms with E-state index in [4.69, 9.17) is 11.7 Å². The van der Waals surface area contributed by atoms with E-state index in [0.29, 0.717) is 5.69 Å². The molecule has 0 aliphatic carbocycles. The first-order valence-corrected chi connectivity index (χ1v) is 3.91. The summed E-state index contributed by atoms with van der Waals surface area (Å²) in [5, 5.41) is 10.0. The summed E-state index contributed by atoms with van der Waals surface area (Å²) in [6.07, 6.45) is 0. The van der Waals surface area contributed by atoms with Crippen LogP contribution in [-0.2, 0) is 0 Å². The Labute approximate surface area is 81.0 Å². The van der Waals surface area contributed by atoms with Crippen LogP contribution in [0.1, 0.15) is 5.56 Å². The van der Waals surface area contributed by atoms with Gasteiger partial charge in [-0.25, -0.2) is 21.5 Å². The van der Waals surface area contributed by atoms with Gasteiger partial charge in [-0.05, 0) is 18.6 Å². The van der Waals surface area contributed by atoms with Gasteiger partial charge in [0.05, 0.1) is 5.69 Å². The largest absolute Gasteiger partial charge is 0.508 e. The number of hydrogen-bond acceptors (Lipinski definition) is 4. The fraction of sp³-hybridized carbons (Fsp3) is 0.125. The molecule has 0 bridgehead atoms. The molecule has 14 heavy (non-hydrogen) atoms. The number of hydrazine groups is 2. The molecular weight excluding hydrogens is 184 g/mol. The summed E-state index contributed by atoms with van der Waals surface area (Å²) in [5.41, 5.74) is 3.04. The first-order valence-electron chi connectivity index (χ1n) is 3.91. The first kappa shape index (κ1) is 10.3. The molecule has 2 amide bonds. The molecule has 0 aromatic heterocycles. The average Bonchev–Trinajstić information content (AvgIpc) is 2.19. The van der Waals surface area contributed by atoms with Gasteiger partial charge in [0, 0.05) is 6.07 Å². The number of rotatable bonds is 1. The van der Waals surface area contributed by atoms with Crippen molar-refractivity contribution in [3.8, 4) is 5.75 Å². The van der Waals surface area contributed by atoms with Crippen LogP contribution < -0.4 is 22.1 Å². The number of amides is 2. The summed E-state index contributed by atoms with van der Waals surface area (Å²) >= 11 is 0. The highest BCUT2D eigenvalue weighted by atomic mass is 16.3. The molecule has 1 rings (SSSR count). The van der Waals surface area contributed by atoms with Gasteiger partial charge in [-0.1, -0.05) is 6.07 Å². The Kier molecular flexibility index (Phi) is 2.90. The molecule has 0 radical (unpaired) electrons. The molecule has 0 saturated carbocycles. The topological polar surface area (TPSA) is 105 Å². The number of nitrogens with two attached hydrogens (primary N) is 2. The number of phenolic OH excluding ortho intramolecular Hbond substituents is 1. The predicted octanol–water partition coefficient (Wildman–Crippen LogP) is -0.0360. The molecule has 0 spiro atoms. The van der Waals surface area contributed by atoms with Gasteiger partial charge in [-0.15, -0.1) is 0 Å². The lowest BCUT2D eigenvalue weighted by Gasteiger charge is -2.17. The molecule has 6 heteroatoms. The Morgan fingerprint density at radius 1 is 1.57 bits per heavy atom. The van der Waals surface area contributed by atoms with Crippen molar-refractivity contribution in [3.05, 3.63) is 23.8 Å². The third-order valence-electron chi connectivity index (χ3n) is 1.79. The number of nitrogens with one attached hydrogen (secondary N) is 1. The van der Waals surface area contributed by atoms with E-state index in [2.05, 4.69) is 0 Å². The third kappa shape index (κ3) is 1.93. The molecule has 0 fully saturated rings. The number of hydrogen-bond donors (Lipinski definition) is 4. The van der Waals surface area contributed by atoms with E-state index in [1.807, 2.05) is 5.43 Å². The van der Waals surface area contributed by atoms with Gasteiger partial charge >= 0.3 is 6.03 Å². The summed E-state index contributed by atoms with van der Waals surface area (Å²) in [4.78, 5) is 11.1. The second-order valence-electron chi connectivity index (χ2n) is 2.79. The van der Waals surface area contributed by atoms with Crippen LogP contribution in [0.2, 0.25) is 0 Å². The fourth-order valence-corrected chi connectivity index (χ4v) is 1.04. The Hall–Kier alpha value is -1.79.